The van der Waals surface area contributed by atoms with Crippen LogP contribution in [0.1, 0.15) is 102 Å². The van der Waals surface area contributed by atoms with Gasteiger partial charge in [0, 0.05) is 24.2 Å². The summed E-state index contributed by atoms with van der Waals surface area (Å²) in [4.78, 5) is 40.2. The van der Waals surface area contributed by atoms with Gasteiger partial charge >= 0.3 is 23.4 Å². The maximum atomic E-state index is 14.1. The van der Waals surface area contributed by atoms with Crippen LogP contribution in [0.4, 0.5) is 10.5 Å². The number of benzene rings is 2. The molecule has 0 unspecified atom stereocenters. The highest BCUT2D eigenvalue weighted by atomic mass is 32.2. The van der Waals surface area contributed by atoms with Crippen molar-refractivity contribution in [2.75, 3.05) is 11.9 Å². The number of nitrogens with one attached hydrogen (secondary N) is 4. The first-order chi connectivity index (χ1) is 24.0. The van der Waals surface area contributed by atoms with Gasteiger partial charge in [-0.3, -0.25) is 9.59 Å². The van der Waals surface area contributed by atoms with Crippen LogP contribution in [0.3, 0.4) is 0 Å². The SMILES string of the molecule is CCCCc1ccc(C(=O)C[C@@H](CNS(=O)(=O)NC(=O)Nc2ccc(C)cc2)C(=O)N[C@@H](CC(C)C)B2O[C@@H]3C[C@@H]4C[C@@H](C4(C)C)[C@]3(C)O2)cc1. The van der Waals surface area contributed by atoms with E-state index in [0.717, 1.165) is 43.2 Å². The quantitative estimate of drug-likeness (QED) is 0.123. The van der Waals surface area contributed by atoms with Crippen LogP contribution in [0.5, 0.6) is 0 Å². The second-order valence-corrected chi connectivity index (χ2v) is 17.5. The minimum atomic E-state index is -4.40. The van der Waals surface area contributed by atoms with E-state index in [0.29, 0.717) is 29.5 Å². The van der Waals surface area contributed by atoms with Gasteiger partial charge in [-0.05, 0) is 86.8 Å². The molecule has 3 saturated carbocycles. The molecule has 1 saturated heterocycles. The number of hydrogen-bond donors (Lipinski definition) is 4. The zero-order valence-electron chi connectivity index (χ0n) is 31.1. The number of anilines is 1. The van der Waals surface area contributed by atoms with Gasteiger partial charge in [0.2, 0.25) is 5.91 Å². The van der Waals surface area contributed by atoms with Crippen molar-refractivity contribution in [3.63, 3.8) is 0 Å². The second kappa shape index (κ2) is 15.8. The molecule has 3 aliphatic carbocycles. The lowest BCUT2D eigenvalue weighted by Crippen LogP contribution is -2.65. The fourth-order valence-electron chi connectivity index (χ4n) is 8.12. The molecular weight excluding hydrogens is 667 g/mol. The Bertz CT molecular complexity index is 1670. The summed E-state index contributed by atoms with van der Waals surface area (Å²) in [7, 11) is -5.09. The van der Waals surface area contributed by atoms with E-state index in [1.807, 2.05) is 23.8 Å². The largest absolute Gasteiger partial charge is 0.481 e. The van der Waals surface area contributed by atoms with Crippen molar-refractivity contribution in [3.8, 4) is 0 Å². The third-order valence-electron chi connectivity index (χ3n) is 11.3. The zero-order chi connectivity index (χ0) is 37.1. The van der Waals surface area contributed by atoms with Gasteiger partial charge in [0.15, 0.2) is 5.78 Å². The standard InChI is InChI=1S/C38H55BN4O7S/c1-8-9-10-26-13-15-27(16-14-26)31(44)20-28(23-40-51(47,48)43-36(46)41-30-17-11-25(4)12-18-30)35(45)42-34(19-24(2)3)39-49-33-22-29-21-32(37(29,5)6)38(33,7)50-39/h11-18,24,28-29,32-34,40H,8-10,19-23H2,1-7H3,(H,42,45)(H2,41,43,46)/t28-,29-,32-,33+,34-,38-/m0/s1. The van der Waals surface area contributed by atoms with E-state index >= 15 is 0 Å². The molecule has 6 atom stereocenters. The summed E-state index contributed by atoms with van der Waals surface area (Å²) in [5, 5.41) is 5.58. The predicted octanol–water partition coefficient (Wildman–Crippen LogP) is 5.98. The van der Waals surface area contributed by atoms with E-state index in [1.54, 1.807) is 36.4 Å². The minimum absolute atomic E-state index is 0.0764. The first kappa shape index (κ1) is 39.0. The Hall–Kier alpha value is -3.26. The molecule has 1 heterocycles. The maximum absolute atomic E-state index is 14.1. The van der Waals surface area contributed by atoms with E-state index in [1.165, 1.54) is 0 Å². The number of amides is 3. The van der Waals surface area contributed by atoms with E-state index < -0.39 is 53.3 Å². The molecule has 4 fully saturated rings. The second-order valence-electron chi connectivity index (χ2n) is 16.0. The van der Waals surface area contributed by atoms with Gasteiger partial charge in [-0.1, -0.05) is 83.0 Å². The molecule has 13 heteroatoms. The molecule has 3 amide bonds. The highest BCUT2D eigenvalue weighted by molar-refractivity contribution is 7.88. The van der Waals surface area contributed by atoms with Gasteiger partial charge in [-0.2, -0.15) is 13.1 Å². The molecule has 1 aliphatic heterocycles. The summed E-state index contributed by atoms with van der Waals surface area (Å²) in [6, 6.07) is 13.2. The number of aryl methyl sites for hydroxylation is 2. The number of rotatable bonds is 16. The molecular formula is C38H55BN4O7S. The summed E-state index contributed by atoms with van der Waals surface area (Å²) in [6.45, 7) is 14.4. The van der Waals surface area contributed by atoms with Crippen molar-refractivity contribution in [2.24, 2.45) is 29.1 Å². The summed E-state index contributed by atoms with van der Waals surface area (Å²) in [5.41, 5.74) is 2.64. The average molecular weight is 723 g/mol. The van der Waals surface area contributed by atoms with E-state index in [9.17, 15) is 22.8 Å². The molecule has 0 radical (unpaired) electrons. The van der Waals surface area contributed by atoms with Crippen LogP contribution in [0.2, 0.25) is 0 Å². The Morgan fingerprint density at radius 1 is 1.00 bits per heavy atom. The highest BCUT2D eigenvalue weighted by Crippen LogP contribution is 2.65. The lowest BCUT2D eigenvalue weighted by atomic mass is 9.43. The number of Topliss-reactive ketones (excluding diaryl/α,β-unsaturated/α-hetero) is 1. The van der Waals surface area contributed by atoms with Gasteiger partial charge in [0.1, 0.15) is 0 Å². The molecule has 4 N–H and O–H groups in total. The Morgan fingerprint density at radius 2 is 1.69 bits per heavy atom. The minimum Gasteiger partial charge on any atom is -0.404 e. The fraction of sp³-hybridized carbons (Fsp3) is 0.605. The Labute approximate surface area is 304 Å². The van der Waals surface area contributed by atoms with Gasteiger partial charge in [0.05, 0.1) is 23.6 Å². The van der Waals surface area contributed by atoms with E-state index in [2.05, 4.69) is 56.9 Å². The van der Waals surface area contributed by atoms with Crippen LogP contribution in [0.25, 0.3) is 0 Å². The maximum Gasteiger partial charge on any atom is 0.481 e. The molecule has 51 heavy (non-hydrogen) atoms. The van der Waals surface area contributed by atoms with Crippen LogP contribution < -0.4 is 20.1 Å². The molecule has 2 bridgehead atoms. The Balaban J connectivity index is 1.30. The monoisotopic (exact) mass is 722 g/mol. The van der Waals surface area contributed by atoms with Gasteiger partial charge in [-0.15, -0.1) is 0 Å². The molecule has 11 nitrogen and oxygen atoms in total. The molecule has 6 rings (SSSR count). The summed E-state index contributed by atoms with van der Waals surface area (Å²) >= 11 is 0. The number of hydrogen-bond acceptors (Lipinski definition) is 7. The van der Waals surface area contributed by atoms with Crippen molar-refractivity contribution in [1.29, 1.82) is 0 Å². The zero-order valence-corrected chi connectivity index (χ0v) is 31.9. The lowest BCUT2D eigenvalue weighted by molar-refractivity contribution is -0.199. The molecule has 2 aromatic carbocycles. The molecule has 0 spiro atoms. The van der Waals surface area contributed by atoms with Crippen molar-refractivity contribution in [2.45, 2.75) is 111 Å². The van der Waals surface area contributed by atoms with Crippen molar-refractivity contribution in [1.82, 2.24) is 14.8 Å². The highest BCUT2D eigenvalue weighted by Gasteiger charge is 2.68. The lowest BCUT2D eigenvalue weighted by Gasteiger charge is -2.64. The van der Waals surface area contributed by atoms with E-state index in [4.69, 9.17) is 9.31 Å². The molecule has 4 aliphatic rings. The van der Waals surface area contributed by atoms with Crippen LogP contribution in [-0.2, 0) is 30.7 Å². The van der Waals surface area contributed by atoms with Crippen molar-refractivity contribution in [3.05, 3.63) is 65.2 Å². The van der Waals surface area contributed by atoms with Crippen molar-refractivity contribution >= 4 is 40.7 Å². The van der Waals surface area contributed by atoms with Gasteiger partial charge < -0.3 is 19.9 Å². The fourth-order valence-corrected chi connectivity index (χ4v) is 8.90. The number of ketones is 1. The molecule has 278 valence electrons. The third-order valence-corrected chi connectivity index (χ3v) is 12.3. The van der Waals surface area contributed by atoms with Gasteiger partial charge in [-0.25, -0.2) is 9.52 Å². The molecule has 0 aromatic heterocycles. The first-order valence-corrected chi connectivity index (χ1v) is 19.9. The molecule has 2 aromatic rings. The van der Waals surface area contributed by atoms with Crippen molar-refractivity contribution < 1.29 is 32.1 Å². The smallest absolute Gasteiger partial charge is 0.404 e. The Morgan fingerprint density at radius 3 is 2.31 bits per heavy atom. The van der Waals surface area contributed by atoms with Crippen LogP contribution >= 0.6 is 0 Å². The summed E-state index contributed by atoms with van der Waals surface area (Å²) in [6.07, 6.45) is 5.23. The van der Waals surface area contributed by atoms with E-state index in [-0.39, 0.29) is 29.6 Å². The average Bonchev–Trinajstić information content (AvgIpc) is 3.43. The van der Waals surface area contributed by atoms with Crippen LogP contribution in [-0.4, -0.2) is 57.4 Å². The Kier molecular flexibility index (Phi) is 12.1. The number of unbranched alkanes of at least 4 members (excludes halogenated alkanes) is 1. The van der Waals surface area contributed by atoms with Crippen LogP contribution in [0.15, 0.2) is 48.5 Å². The predicted molar refractivity (Wildman–Crippen MR) is 199 cm³/mol. The van der Waals surface area contributed by atoms with Crippen LogP contribution in [0, 0.1) is 36.0 Å². The summed E-state index contributed by atoms with van der Waals surface area (Å²) in [5.74, 6) is -1.31. The number of carbonyl (C=O) groups excluding carboxylic acids is 3. The summed E-state index contributed by atoms with van der Waals surface area (Å²) < 4.78 is 43.5. The normalized spacial score (nSPS) is 24.6. The number of urea groups is 1. The number of carbonyl (C=O) groups is 3. The topological polar surface area (TPSA) is 152 Å². The van der Waals surface area contributed by atoms with Gasteiger partial charge in [0.25, 0.3) is 0 Å². The first-order valence-electron chi connectivity index (χ1n) is 18.4. The third kappa shape index (κ3) is 9.22.